The van der Waals surface area contributed by atoms with E-state index in [1.807, 2.05) is 19.9 Å². The fourth-order valence-corrected chi connectivity index (χ4v) is 5.82. The SMILES string of the molecule is COc1ccc2c(c1OC)C(=O)N1[C@@H](C(=O)NCCCc3nc(C)no3)C(C)(C)S[C@@H]21. The van der Waals surface area contributed by atoms with Crippen LogP contribution in [0.3, 0.4) is 0 Å². The number of thioether (sulfide) groups is 1. The maximum Gasteiger partial charge on any atom is 0.260 e. The molecule has 2 aromatic rings. The molecule has 0 unspecified atom stereocenters. The number of aromatic nitrogens is 2. The molecule has 2 amide bonds. The number of hydrogen-bond donors (Lipinski definition) is 1. The molecule has 0 bridgehead atoms. The molecule has 1 aromatic heterocycles. The van der Waals surface area contributed by atoms with Crippen LogP contribution < -0.4 is 14.8 Å². The predicted octanol–water partition coefficient (Wildman–Crippen LogP) is 2.49. The molecule has 3 heterocycles. The third kappa shape index (κ3) is 3.62. The predicted molar refractivity (Wildman–Crippen MR) is 114 cm³/mol. The van der Waals surface area contributed by atoms with Crippen LogP contribution in [-0.2, 0) is 11.2 Å². The first-order valence-electron chi connectivity index (χ1n) is 10.1. The molecule has 1 fully saturated rings. The van der Waals surface area contributed by atoms with E-state index in [1.165, 1.54) is 14.2 Å². The van der Waals surface area contributed by atoms with Crippen molar-refractivity contribution >= 4 is 23.6 Å². The van der Waals surface area contributed by atoms with Crippen molar-refractivity contribution in [3.05, 3.63) is 35.0 Å². The van der Waals surface area contributed by atoms with Crippen molar-refractivity contribution in [1.82, 2.24) is 20.4 Å². The van der Waals surface area contributed by atoms with E-state index in [0.29, 0.717) is 48.2 Å². The van der Waals surface area contributed by atoms with Gasteiger partial charge in [-0.2, -0.15) is 4.98 Å². The summed E-state index contributed by atoms with van der Waals surface area (Å²) in [6, 6.07) is 3.08. The minimum absolute atomic E-state index is 0.172. The molecule has 0 spiro atoms. The van der Waals surface area contributed by atoms with Gasteiger partial charge in [-0.25, -0.2) is 0 Å². The Morgan fingerprint density at radius 3 is 2.74 bits per heavy atom. The van der Waals surface area contributed by atoms with Crippen molar-refractivity contribution in [2.75, 3.05) is 20.8 Å². The van der Waals surface area contributed by atoms with Crippen molar-refractivity contribution in [1.29, 1.82) is 0 Å². The lowest BCUT2D eigenvalue weighted by Crippen LogP contribution is -2.52. The zero-order valence-electron chi connectivity index (χ0n) is 18.2. The average Bonchev–Trinajstić information content (AvgIpc) is 3.35. The maximum atomic E-state index is 13.4. The van der Waals surface area contributed by atoms with E-state index in [2.05, 4.69) is 15.5 Å². The molecular formula is C21H26N4O5S. The summed E-state index contributed by atoms with van der Waals surface area (Å²) < 4.78 is 15.5. The van der Waals surface area contributed by atoms with Crippen molar-refractivity contribution in [3.63, 3.8) is 0 Å². The molecule has 10 heteroatoms. The summed E-state index contributed by atoms with van der Waals surface area (Å²) in [7, 11) is 3.05. The number of amides is 2. The molecule has 166 valence electrons. The molecule has 2 aliphatic rings. The Kier molecular flexibility index (Phi) is 5.59. The van der Waals surface area contributed by atoms with E-state index in [1.54, 1.807) is 29.7 Å². The summed E-state index contributed by atoms with van der Waals surface area (Å²) in [4.78, 5) is 32.4. The van der Waals surface area contributed by atoms with Crippen LogP contribution in [0, 0.1) is 6.92 Å². The van der Waals surface area contributed by atoms with Crippen LogP contribution in [0.15, 0.2) is 16.7 Å². The van der Waals surface area contributed by atoms with E-state index < -0.39 is 10.8 Å². The van der Waals surface area contributed by atoms with Crippen LogP contribution in [0.2, 0.25) is 0 Å². The highest BCUT2D eigenvalue weighted by molar-refractivity contribution is 8.01. The van der Waals surface area contributed by atoms with E-state index in [0.717, 1.165) is 5.56 Å². The second-order valence-electron chi connectivity index (χ2n) is 8.08. The van der Waals surface area contributed by atoms with Crippen LogP contribution in [0.5, 0.6) is 11.5 Å². The Morgan fingerprint density at radius 2 is 2.10 bits per heavy atom. The zero-order valence-corrected chi connectivity index (χ0v) is 19.0. The number of carbonyl (C=O) groups is 2. The van der Waals surface area contributed by atoms with E-state index in [9.17, 15) is 9.59 Å². The number of fused-ring (bicyclic) bond motifs is 3. The van der Waals surface area contributed by atoms with Crippen LogP contribution in [0.1, 0.15) is 53.3 Å². The third-order valence-electron chi connectivity index (χ3n) is 5.58. The Balaban J connectivity index is 1.51. The van der Waals surface area contributed by atoms with Gasteiger partial charge in [-0.05, 0) is 33.3 Å². The Morgan fingerprint density at radius 1 is 1.32 bits per heavy atom. The van der Waals surface area contributed by atoms with E-state index in [4.69, 9.17) is 14.0 Å². The number of nitrogens with one attached hydrogen (secondary N) is 1. The summed E-state index contributed by atoms with van der Waals surface area (Å²) >= 11 is 1.61. The zero-order chi connectivity index (χ0) is 22.3. The van der Waals surface area contributed by atoms with Gasteiger partial charge in [0.2, 0.25) is 11.8 Å². The lowest BCUT2D eigenvalue weighted by molar-refractivity contribution is -0.126. The van der Waals surface area contributed by atoms with Crippen molar-refractivity contribution in [2.24, 2.45) is 0 Å². The first kappa shape index (κ1) is 21.5. The molecule has 0 aliphatic carbocycles. The average molecular weight is 447 g/mol. The summed E-state index contributed by atoms with van der Waals surface area (Å²) in [5.41, 5.74) is 1.32. The van der Waals surface area contributed by atoms with Gasteiger partial charge in [0.25, 0.3) is 5.91 Å². The van der Waals surface area contributed by atoms with Crippen molar-refractivity contribution in [3.8, 4) is 11.5 Å². The van der Waals surface area contributed by atoms with Gasteiger partial charge >= 0.3 is 0 Å². The highest BCUT2D eigenvalue weighted by atomic mass is 32.2. The van der Waals surface area contributed by atoms with Crippen LogP contribution >= 0.6 is 11.8 Å². The molecule has 1 N–H and O–H groups in total. The second-order valence-corrected chi connectivity index (χ2v) is 9.82. The van der Waals surface area contributed by atoms with Gasteiger partial charge in [0.1, 0.15) is 11.4 Å². The lowest BCUT2D eigenvalue weighted by Gasteiger charge is -2.29. The molecule has 31 heavy (non-hydrogen) atoms. The summed E-state index contributed by atoms with van der Waals surface area (Å²) in [6.07, 6.45) is 1.24. The topological polar surface area (TPSA) is 107 Å². The smallest absolute Gasteiger partial charge is 0.260 e. The van der Waals surface area contributed by atoms with Gasteiger partial charge in [0.15, 0.2) is 17.3 Å². The normalized spacial score (nSPS) is 21.1. The molecule has 4 rings (SSSR count). The van der Waals surface area contributed by atoms with Gasteiger partial charge in [0, 0.05) is 23.3 Å². The molecule has 0 radical (unpaired) electrons. The van der Waals surface area contributed by atoms with Gasteiger partial charge < -0.3 is 24.2 Å². The van der Waals surface area contributed by atoms with Crippen molar-refractivity contribution in [2.45, 2.75) is 49.8 Å². The number of rotatable bonds is 7. The molecule has 1 aromatic carbocycles. The Hall–Kier alpha value is -2.75. The van der Waals surface area contributed by atoms with Gasteiger partial charge in [0.05, 0.1) is 19.8 Å². The van der Waals surface area contributed by atoms with E-state index in [-0.39, 0.29) is 17.2 Å². The summed E-state index contributed by atoms with van der Waals surface area (Å²) in [5, 5.41) is 6.50. The largest absolute Gasteiger partial charge is 0.493 e. The van der Waals surface area contributed by atoms with Crippen molar-refractivity contribution < 1.29 is 23.6 Å². The van der Waals surface area contributed by atoms with Gasteiger partial charge in [-0.15, -0.1) is 11.8 Å². The number of aryl methyl sites for hydroxylation is 2. The minimum atomic E-state index is -0.608. The quantitative estimate of drug-likeness (QED) is 0.647. The number of nitrogens with zero attached hydrogens (tertiary/aromatic N) is 3. The first-order chi connectivity index (χ1) is 14.8. The fraction of sp³-hybridized carbons (Fsp3) is 0.524. The number of ether oxygens (including phenoxy) is 2. The number of hydrogen-bond acceptors (Lipinski definition) is 8. The molecule has 0 saturated carbocycles. The summed E-state index contributed by atoms with van der Waals surface area (Å²) in [6.45, 7) is 6.21. The standard InChI is InChI=1S/C21H26N4O5S/c1-11-23-14(30-24-11)7-6-10-22-18(26)17-21(2,3)31-20-12-8-9-13(28-4)16(29-5)15(12)19(27)25(17)20/h8-9,17,20H,6-7,10H2,1-5H3,(H,22,26)/t17-,20-/m0/s1. The molecular weight excluding hydrogens is 420 g/mol. The molecule has 2 atom stereocenters. The number of carbonyl (C=O) groups excluding carboxylic acids is 2. The fourth-order valence-electron chi connectivity index (χ4n) is 4.25. The number of benzene rings is 1. The number of methoxy groups -OCH3 is 2. The highest BCUT2D eigenvalue weighted by Gasteiger charge is 2.58. The minimum Gasteiger partial charge on any atom is -0.493 e. The van der Waals surface area contributed by atoms with E-state index >= 15 is 0 Å². The monoisotopic (exact) mass is 446 g/mol. The molecule has 1 saturated heterocycles. The Labute approximate surface area is 184 Å². The maximum absolute atomic E-state index is 13.4. The third-order valence-corrected chi connectivity index (χ3v) is 7.12. The van der Waals surface area contributed by atoms with Crippen LogP contribution in [0.25, 0.3) is 0 Å². The molecule has 2 aliphatic heterocycles. The molecule has 9 nitrogen and oxygen atoms in total. The first-order valence-corrected chi connectivity index (χ1v) is 11.0. The second kappa shape index (κ2) is 8.07. The van der Waals surface area contributed by atoms with Gasteiger partial charge in [-0.3, -0.25) is 9.59 Å². The summed E-state index contributed by atoms with van der Waals surface area (Å²) in [5.74, 6) is 1.66. The lowest BCUT2D eigenvalue weighted by atomic mass is 10.0. The van der Waals surface area contributed by atoms with Crippen LogP contribution in [-0.4, -0.2) is 58.4 Å². The highest BCUT2D eigenvalue weighted by Crippen LogP contribution is 2.58. The van der Waals surface area contributed by atoms with Gasteiger partial charge in [-0.1, -0.05) is 11.2 Å². The van der Waals surface area contributed by atoms with Crippen LogP contribution in [0.4, 0.5) is 0 Å². The Bertz CT molecular complexity index is 1020.